The van der Waals surface area contributed by atoms with E-state index in [0.717, 1.165) is 26.0 Å². The van der Waals surface area contributed by atoms with Crippen LogP contribution in [0, 0.1) is 17.2 Å². The molecule has 1 heterocycles. The minimum Gasteiger partial charge on any atom is -0.378 e. The molecule has 0 aliphatic carbocycles. The number of nitrogens with one attached hydrogen (secondary N) is 1. The second-order valence-corrected chi connectivity index (χ2v) is 5.23. The number of nitriles is 1. The number of ether oxygens (including phenoxy) is 1. The Hall–Kier alpha value is -1.37. The van der Waals surface area contributed by atoms with E-state index in [2.05, 4.69) is 25.2 Å². The SMILES string of the molecule is CCC1OCCC1CNC(C)c1ccc(C#N)cc1. The van der Waals surface area contributed by atoms with Crippen molar-refractivity contribution < 1.29 is 4.74 Å². The van der Waals surface area contributed by atoms with Crippen molar-refractivity contribution in [1.29, 1.82) is 5.26 Å². The lowest BCUT2D eigenvalue weighted by atomic mass is 9.98. The van der Waals surface area contributed by atoms with Gasteiger partial charge in [-0.15, -0.1) is 0 Å². The number of nitrogens with zero attached hydrogens (tertiary/aromatic N) is 1. The van der Waals surface area contributed by atoms with Gasteiger partial charge in [0.15, 0.2) is 0 Å². The van der Waals surface area contributed by atoms with Crippen molar-refractivity contribution in [2.75, 3.05) is 13.2 Å². The predicted molar refractivity (Wildman–Crippen MR) is 75.7 cm³/mol. The minimum absolute atomic E-state index is 0.311. The maximum Gasteiger partial charge on any atom is 0.0991 e. The van der Waals surface area contributed by atoms with Gasteiger partial charge in [-0.25, -0.2) is 0 Å². The quantitative estimate of drug-likeness (QED) is 0.883. The molecule has 1 aromatic carbocycles. The van der Waals surface area contributed by atoms with Crippen molar-refractivity contribution in [3.63, 3.8) is 0 Å². The number of rotatable bonds is 5. The van der Waals surface area contributed by atoms with Crippen LogP contribution in [0.4, 0.5) is 0 Å². The molecule has 2 rings (SSSR count). The van der Waals surface area contributed by atoms with Gasteiger partial charge in [0.2, 0.25) is 0 Å². The molecule has 102 valence electrons. The van der Waals surface area contributed by atoms with E-state index in [1.807, 2.05) is 24.3 Å². The van der Waals surface area contributed by atoms with Gasteiger partial charge in [0.1, 0.15) is 0 Å². The van der Waals surface area contributed by atoms with E-state index < -0.39 is 0 Å². The lowest BCUT2D eigenvalue weighted by Gasteiger charge is -2.21. The molecule has 0 radical (unpaired) electrons. The van der Waals surface area contributed by atoms with Gasteiger partial charge in [0, 0.05) is 19.2 Å². The third kappa shape index (κ3) is 3.56. The van der Waals surface area contributed by atoms with Crippen LogP contribution in [0.2, 0.25) is 0 Å². The summed E-state index contributed by atoms with van der Waals surface area (Å²) in [5, 5.41) is 12.4. The number of hydrogen-bond acceptors (Lipinski definition) is 3. The van der Waals surface area contributed by atoms with E-state index in [4.69, 9.17) is 10.00 Å². The molecule has 0 aromatic heterocycles. The van der Waals surface area contributed by atoms with Crippen LogP contribution in [0.5, 0.6) is 0 Å². The molecule has 19 heavy (non-hydrogen) atoms. The van der Waals surface area contributed by atoms with Crippen LogP contribution in [-0.2, 0) is 4.74 Å². The topological polar surface area (TPSA) is 45.0 Å². The highest BCUT2D eigenvalue weighted by molar-refractivity contribution is 5.32. The van der Waals surface area contributed by atoms with Crippen LogP contribution in [-0.4, -0.2) is 19.3 Å². The molecule has 1 aliphatic rings. The van der Waals surface area contributed by atoms with Gasteiger partial charge in [-0.3, -0.25) is 0 Å². The molecule has 3 nitrogen and oxygen atoms in total. The average Bonchev–Trinajstić information content (AvgIpc) is 2.92. The fourth-order valence-corrected chi connectivity index (χ4v) is 2.67. The summed E-state index contributed by atoms with van der Waals surface area (Å²) in [5.74, 6) is 0.630. The fraction of sp³-hybridized carbons (Fsp3) is 0.562. The van der Waals surface area contributed by atoms with Crippen molar-refractivity contribution in [3.05, 3.63) is 35.4 Å². The first kappa shape index (κ1) is 14.0. The van der Waals surface area contributed by atoms with Gasteiger partial charge in [0.25, 0.3) is 0 Å². The molecule has 1 saturated heterocycles. The molecular weight excluding hydrogens is 236 g/mol. The summed E-state index contributed by atoms with van der Waals surface area (Å²) in [4.78, 5) is 0. The Balaban J connectivity index is 1.86. The summed E-state index contributed by atoms with van der Waals surface area (Å²) in [6.45, 7) is 6.25. The molecule has 3 heteroatoms. The van der Waals surface area contributed by atoms with Crippen molar-refractivity contribution in [1.82, 2.24) is 5.32 Å². The monoisotopic (exact) mass is 258 g/mol. The second-order valence-electron chi connectivity index (χ2n) is 5.23. The van der Waals surface area contributed by atoms with Crippen LogP contribution in [0.1, 0.15) is 43.9 Å². The van der Waals surface area contributed by atoms with E-state index in [1.165, 1.54) is 5.56 Å². The Kier molecular flexibility index (Phi) is 4.95. The second kappa shape index (κ2) is 6.70. The van der Waals surface area contributed by atoms with Crippen LogP contribution >= 0.6 is 0 Å². The Morgan fingerprint density at radius 3 is 2.79 bits per heavy atom. The van der Waals surface area contributed by atoms with E-state index in [0.29, 0.717) is 23.6 Å². The summed E-state index contributed by atoms with van der Waals surface area (Å²) in [6, 6.07) is 10.3. The zero-order valence-corrected chi connectivity index (χ0v) is 11.7. The molecule has 1 aliphatic heterocycles. The fourth-order valence-electron chi connectivity index (χ4n) is 2.67. The van der Waals surface area contributed by atoms with E-state index in [9.17, 15) is 0 Å². The molecule has 0 bridgehead atoms. The van der Waals surface area contributed by atoms with E-state index >= 15 is 0 Å². The van der Waals surface area contributed by atoms with Gasteiger partial charge >= 0.3 is 0 Å². The highest BCUT2D eigenvalue weighted by Gasteiger charge is 2.26. The van der Waals surface area contributed by atoms with Gasteiger partial charge in [0.05, 0.1) is 17.7 Å². The molecule has 3 atom stereocenters. The Morgan fingerprint density at radius 1 is 1.42 bits per heavy atom. The zero-order chi connectivity index (χ0) is 13.7. The van der Waals surface area contributed by atoms with Crippen LogP contribution in [0.25, 0.3) is 0 Å². The van der Waals surface area contributed by atoms with Crippen LogP contribution in [0.15, 0.2) is 24.3 Å². The molecular formula is C16H22N2O. The standard InChI is InChI=1S/C16H22N2O/c1-3-16-15(8-9-19-16)11-18-12(2)14-6-4-13(10-17)5-7-14/h4-7,12,15-16,18H,3,8-9,11H2,1-2H3. The molecule has 3 unspecified atom stereocenters. The van der Waals surface area contributed by atoms with E-state index in [1.54, 1.807) is 0 Å². The van der Waals surface area contributed by atoms with Gasteiger partial charge in [-0.05, 0) is 43.4 Å². The average molecular weight is 258 g/mol. The van der Waals surface area contributed by atoms with Crippen molar-refractivity contribution in [2.45, 2.75) is 38.8 Å². The molecule has 1 fully saturated rings. The van der Waals surface area contributed by atoms with E-state index in [-0.39, 0.29) is 0 Å². The maximum absolute atomic E-state index is 8.79. The van der Waals surface area contributed by atoms with Gasteiger partial charge in [-0.2, -0.15) is 5.26 Å². The maximum atomic E-state index is 8.79. The Labute approximate surface area is 115 Å². The lowest BCUT2D eigenvalue weighted by Crippen LogP contribution is -2.30. The summed E-state index contributed by atoms with van der Waals surface area (Å²) >= 11 is 0. The first-order chi connectivity index (χ1) is 9.24. The third-order valence-electron chi connectivity index (χ3n) is 3.97. The normalized spacial score (nSPS) is 24.1. The first-order valence-corrected chi connectivity index (χ1v) is 7.09. The van der Waals surface area contributed by atoms with Gasteiger partial charge in [-0.1, -0.05) is 19.1 Å². The Bertz CT molecular complexity index is 435. The molecule has 1 N–H and O–H groups in total. The lowest BCUT2D eigenvalue weighted by molar-refractivity contribution is 0.0867. The summed E-state index contributed by atoms with van der Waals surface area (Å²) in [5.41, 5.74) is 1.94. The molecule has 0 saturated carbocycles. The highest BCUT2D eigenvalue weighted by Crippen LogP contribution is 2.23. The Morgan fingerprint density at radius 2 is 2.16 bits per heavy atom. The van der Waals surface area contributed by atoms with Crippen LogP contribution in [0.3, 0.4) is 0 Å². The highest BCUT2D eigenvalue weighted by atomic mass is 16.5. The summed E-state index contributed by atoms with van der Waals surface area (Å²) in [7, 11) is 0. The van der Waals surface area contributed by atoms with Crippen molar-refractivity contribution in [3.8, 4) is 6.07 Å². The van der Waals surface area contributed by atoms with Gasteiger partial charge < -0.3 is 10.1 Å². The third-order valence-corrected chi connectivity index (χ3v) is 3.97. The smallest absolute Gasteiger partial charge is 0.0991 e. The number of benzene rings is 1. The first-order valence-electron chi connectivity index (χ1n) is 7.09. The molecule has 0 amide bonds. The molecule has 1 aromatic rings. The summed E-state index contributed by atoms with van der Waals surface area (Å²) < 4.78 is 5.71. The largest absolute Gasteiger partial charge is 0.378 e. The molecule has 0 spiro atoms. The summed E-state index contributed by atoms with van der Waals surface area (Å²) in [6.07, 6.45) is 2.67. The van der Waals surface area contributed by atoms with Crippen LogP contribution < -0.4 is 5.32 Å². The van der Waals surface area contributed by atoms with Crippen molar-refractivity contribution >= 4 is 0 Å². The minimum atomic E-state index is 0.311. The van der Waals surface area contributed by atoms with Crippen molar-refractivity contribution in [2.24, 2.45) is 5.92 Å². The zero-order valence-electron chi connectivity index (χ0n) is 11.7. The predicted octanol–water partition coefficient (Wildman–Crippen LogP) is 3.02. The number of hydrogen-bond donors (Lipinski definition) is 1.